The van der Waals surface area contributed by atoms with Crippen LogP contribution in [0.15, 0.2) is 47.4 Å². The number of nitrogens with two attached hydrogens (primary N) is 1. The fraction of sp³-hybridized carbons (Fsp3) is 0.278. The molecule has 2 rings (SSSR count). The lowest BCUT2D eigenvalue weighted by molar-refractivity contribution is 0.102. The number of sulfonamides is 2. The Kier molecular flexibility index (Phi) is 7.11. The Morgan fingerprint density at radius 3 is 2.31 bits per heavy atom. The average Bonchev–Trinajstić information content (AvgIpc) is 2.61. The first-order valence-corrected chi connectivity index (χ1v) is 11.8. The number of hydrogen-bond donors (Lipinski definition) is 2. The highest BCUT2D eigenvalue weighted by Gasteiger charge is 2.24. The molecule has 0 aliphatic carbocycles. The molecule has 0 aliphatic rings. The van der Waals surface area contributed by atoms with E-state index in [1.807, 2.05) is 0 Å². The van der Waals surface area contributed by atoms with Crippen molar-refractivity contribution >= 4 is 31.6 Å². The van der Waals surface area contributed by atoms with Gasteiger partial charge in [0.2, 0.25) is 20.0 Å². The zero-order valence-electron chi connectivity index (χ0n) is 15.9. The Balaban J connectivity index is 2.34. The molecule has 8 nitrogen and oxygen atoms in total. The number of benzene rings is 2. The van der Waals surface area contributed by atoms with Gasteiger partial charge in [-0.2, -0.15) is 4.31 Å². The molecular formula is C18H22FN3O5S2. The third-order valence-corrected chi connectivity index (χ3v) is 6.86. The topological polar surface area (TPSA) is 127 Å². The molecule has 0 saturated carbocycles. The van der Waals surface area contributed by atoms with Crippen molar-refractivity contribution in [3.8, 4) is 0 Å². The molecule has 11 heteroatoms. The Morgan fingerprint density at radius 2 is 1.72 bits per heavy atom. The molecule has 0 heterocycles. The van der Waals surface area contributed by atoms with Gasteiger partial charge in [0.25, 0.3) is 5.91 Å². The van der Waals surface area contributed by atoms with Crippen LogP contribution in [0, 0.1) is 5.82 Å². The number of anilines is 1. The molecule has 0 bridgehead atoms. The predicted molar refractivity (Wildman–Crippen MR) is 108 cm³/mol. The summed E-state index contributed by atoms with van der Waals surface area (Å²) in [7, 11) is -7.63. The van der Waals surface area contributed by atoms with E-state index in [9.17, 15) is 26.0 Å². The maximum atomic E-state index is 14.2. The van der Waals surface area contributed by atoms with E-state index < -0.39 is 43.1 Å². The maximum Gasteiger partial charge on any atom is 0.258 e. The van der Waals surface area contributed by atoms with Gasteiger partial charge in [0, 0.05) is 18.8 Å². The Morgan fingerprint density at radius 1 is 1.07 bits per heavy atom. The number of carbonyl (C=O) groups excluding carboxylic acids is 1. The second-order valence-electron chi connectivity index (χ2n) is 6.19. The molecule has 0 saturated heterocycles. The molecule has 0 radical (unpaired) electrons. The summed E-state index contributed by atoms with van der Waals surface area (Å²) < 4.78 is 63.1. The number of nitrogens with one attached hydrogen (secondary N) is 1. The molecule has 3 N–H and O–H groups in total. The molecule has 0 atom stereocenters. The summed E-state index contributed by atoms with van der Waals surface area (Å²) in [6, 6.07) is 8.89. The van der Waals surface area contributed by atoms with Crippen molar-refractivity contribution in [1.29, 1.82) is 0 Å². The van der Waals surface area contributed by atoms with Crippen LogP contribution >= 0.6 is 0 Å². The summed E-state index contributed by atoms with van der Waals surface area (Å²) in [5.74, 6) is -2.18. The molecule has 158 valence electrons. The minimum absolute atomic E-state index is 0.198. The van der Waals surface area contributed by atoms with Gasteiger partial charge in [-0.05, 0) is 35.9 Å². The van der Waals surface area contributed by atoms with Crippen LogP contribution in [0.2, 0.25) is 0 Å². The molecule has 0 aliphatic heterocycles. The van der Waals surface area contributed by atoms with E-state index in [0.29, 0.717) is 5.56 Å². The Bertz CT molecular complexity index is 1110. The molecule has 29 heavy (non-hydrogen) atoms. The third kappa shape index (κ3) is 5.82. The number of hydrogen-bond acceptors (Lipinski definition) is 5. The summed E-state index contributed by atoms with van der Waals surface area (Å²) in [5.41, 5.74) is 0.103. The molecule has 1 amide bonds. The Hall–Kier alpha value is -2.34. The van der Waals surface area contributed by atoms with Gasteiger partial charge in [-0.15, -0.1) is 0 Å². The van der Waals surface area contributed by atoms with Gasteiger partial charge in [-0.3, -0.25) is 4.79 Å². The number of rotatable bonds is 8. The van der Waals surface area contributed by atoms with Gasteiger partial charge in [0.15, 0.2) is 0 Å². The number of carbonyl (C=O) groups is 1. The number of primary sulfonamides is 1. The average molecular weight is 444 g/mol. The molecule has 2 aromatic rings. The van der Waals surface area contributed by atoms with Crippen LogP contribution in [0.25, 0.3) is 0 Å². The second-order valence-corrected chi connectivity index (χ2v) is 9.75. The largest absolute Gasteiger partial charge is 0.322 e. The van der Waals surface area contributed by atoms with E-state index in [2.05, 4.69) is 5.32 Å². The van der Waals surface area contributed by atoms with E-state index in [-0.39, 0.29) is 23.7 Å². The van der Waals surface area contributed by atoms with Crippen LogP contribution in [0.5, 0.6) is 0 Å². The summed E-state index contributed by atoms with van der Waals surface area (Å²) in [6.45, 7) is 3.81. The first-order chi connectivity index (χ1) is 13.5. The fourth-order valence-corrected chi connectivity index (χ4v) is 4.85. The number of nitrogens with zero attached hydrogens (tertiary/aromatic N) is 1. The zero-order valence-corrected chi connectivity index (χ0v) is 17.6. The molecule has 0 aromatic heterocycles. The van der Waals surface area contributed by atoms with Crippen molar-refractivity contribution in [2.75, 3.05) is 18.4 Å². The number of halogens is 1. The van der Waals surface area contributed by atoms with Crippen LogP contribution in [0.4, 0.5) is 10.1 Å². The summed E-state index contributed by atoms with van der Waals surface area (Å²) in [5, 5.41) is 7.45. The smallest absolute Gasteiger partial charge is 0.258 e. The van der Waals surface area contributed by atoms with Crippen LogP contribution in [0.3, 0.4) is 0 Å². The van der Waals surface area contributed by atoms with E-state index in [1.165, 1.54) is 28.6 Å². The fourth-order valence-electron chi connectivity index (χ4n) is 2.72. The van der Waals surface area contributed by atoms with Gasteiger partial charge in [-0.25, -0.2) is 26.4 Å². The Labute approximate surface area is 169 Å². The predicted octanol–water partition coefficient (Wildman–Crippen LogP) is 1.90. The van der Waals surface area contributed by atoms with Crippen molar-refractivity contribution in [3.63, 3.8) is 0 Å². The SMILES string of the molecule is CCN(CC)S(=O)(=O)c1ccc(F)c(C(=O)Nc2cccc(CS(N)(=O)=O)c2)c1. The number of amides is 1. The van der Waals surface area contributed by atoms with Gasteiger partial charge in [0.05, 0.1) is 16.2 Å². The lowest BCUT2D eigenvalue weighted by atomic mass is 10.1. The highest BCUT2D eigenvalue weighted by Crippen LogP contribution is 2.21. The van der Waals surface area contributed by atoms with Gasteiger partial charge in [-0.1, -0.05) is 26.0 Å². The molecule has 2 aromatic carbocycles. The highest BCUT2D eigenvalue weighted by molar-refractivity contribution is 7.89. The maximum absolute atomic E-state index is 14.2. The standard InChI is InChI=1S/C18H22FN3O5S2/c1-3-22(4-2)29(26,27)15-8-9-17(19)16(11-15)18(23)21-14-7-5-6-13(10-14)12-28(20,24)25/h5-11H,3-4,12H2,1-2H3,(H,21,23)(H2,20,24,25). The van der Waals surface area contributed by atoms with Crippen LogP contribution in [0.1, 0.15) is 29.8 Å². The summed E-state index contributed by atoms with van der Waals surface area (Å²) in [6.07, 6.45) is 0. The zero-order chi connectivity index (χ0) is 21.8. The van der Waals surface area contributed by atoms with Crippen molar-refractivity contribution in [1.82, 2.24) is 4.31 Å². The van der Waals surface area contributed by atoms with Crippen molar-refractivity contribution in [2.45, 2.75) is 24.5 Å². The lowest BCUT2D eigenvalue weighted by Gasteiger charge is -2.19. The van der Waals surface area contributed by atoms with E-state index >= 15 is 0 Å². The quantitative estimate of drug-likeness (QED) is 0.644. The van der Waals surface area contributed by atoms with Crippen molar-refractivity contribution < 1.29 is 26.0 Å². The van der Waals surface area contributed by atoms with Crippen LogP contribution < -0.4 is 10.5 Å². The highest BCUT2D eigenvalue weighted by atomic mass is 32.2. The molecule has 0 fully saturated rings. The van der Waals surface area contributed by atoms with E-state index in [1.54, 1.807) is 13.8 Å². The second kappa shape index (κ2) is 8.99. The van der Waals surface area contributed by atoms with E-state index in [4.69, 9.17) is 5.14 Å². The first-order valence-electron chi connectivity index (χ1n) is 8.68. The van der Waals surface area contributed by atoms with Gasteiger partial charge < -0.3 is 5.32 Å². The molecule has 0 unspecified atom stereocenters. The van der Waals surface area contributed by atoms with E-state index in [0.717, 1.165) is 18.2 Å². The monoisotopic (exact) mass is 443 g/mol. The lowest BCUT2D eigenvalue weighted by Crippen LogP contribution is -2.31. The van der Waals surface area contributed by atoms with Crippen LogP contribution in [-0.2, 0) is 25.8 Å². The van der Waals surface area contributed by atoms with Crippen molar-refractivity contribution in [3.05, 3.63) is 59.4 Å². The molecule has 0 spiro atoms. The van der Waals surface area contributed by atoms with Gasteiger partial charge in [0.1, 0.15) is 5.82 Å². The van der Waals surface area contributed by atoms with Crippen molar-refractivity contribution in [2.24, 2.45) is 5.14 Å². The molecular weight excluding hydrogens is 421 g/mol. The first kappa shape index (κ1) is 22.9. The normalized spacial score (nSPS) is 12.2. The van der Waals surface area contributed by atoms with Crippen LogP contribution in [-0.4, -0.2) is 40.1 Å². The minimum atomic E-state index is -3.87. The summed E-state index contributed by atoms with van der Waals surface area (Å²) >= 11 is 0. The summed E-state index contributed by atoms with van der Waals surface area (Å²) in [4.78, 5) is 12.3. The third-order valence-electron chi connectivity index (χ3n) is 4.08. The minimum Gasteiger partial charge on any atom is -0.322 e. The van der Waals surface area contributed by atoms with Gasteiger partial charge >= 0.3 is 0 Å².